The normalized spacial score (nSPS) is 15.1. The smallest absolute Gasteiger partial charge is 0.194 e. The number of rotatable bonds is 8. The third kappa shape index (κ3) is 7.94. The van der Waals surface area contributed by atoms with Crippen LogP contribution in [0.4, 0.5) is 0 Å². The minimum Gasteiger partial charge on any atom is -0.356 e. The second kappa shape index (κ2) is 13.3. The van der Waals surface area contributed by atoms with Crippen molar-refractivity contribution < 1.29 is 0 Å². The Labute approximate surface area is 208 Å². The fraction of sp³-hybridized carbons (Fsp3) is 0.591. The third-order valence-corrected chi connectivity index (χ3v) is 6.22. The molecule has 2 aromatic rings. The van der Waals surface area contributed by atoms with Gasteiger partial charge < -0.3 is 14.8 Å². The van der Waals surface area contributed by atoms with Crippen molar-refractivity contribution in [3.05, 3.63) is 47.0 Å². The molecule has 0 amide bonds. The summed E-state index contributed by atoms with van der Waals surface area (Å²) in [6, 6.07) is 8.82. The highest BCUT2D eigenvalue weighted by Gasteiger charge is 2.20. The molecule has 31 heavy (non-hydrogen) atoms. The van der Waals surface area contributed by atoms with Gasteiger partial charge in [-0.25, -0.2) is 4.99 Å². The van der Waals surface area contributed by atoms with Crippen molar-refractivity contribution in [3.8, 4) is 0 Å². The predicted molar refractivity (Wildman–Crippen MR) is 141 cm³/mol. The van der Waals surface area contributed by atoms with Gasteiger partial charge in [0, 0.05) is 46.3 Å². The van der Waals surface area contributed by atoms with E-state index in [1.54, 1.807) is 0 Å². The molecule has 9 heteroatoms. The molecule has 0 saturated carbocycles. The van der Waals surface area contributed by atoms with Crippen LogP contribution in [0.2, 0.25) is 0 Å². The lowest BCUT2D eigenvalue weighted by atomic mass is 10.1. The van der Waals surface area contributed by atoms with E-state index in [4.69, 9.17) is 4.99 Å². The van der Waals surface area contributed by atoms with E-state index in [9.17, 15) is 0 Å². The number of hydrogen-bond acceptors (Lipinski definition) is 5. The van der Waals surface area contributed by atoms with Gasteiger partial charge in [0.2, 0.25) is 0 Å². The molecular weight excluding hydrogens is 521 g/mol. The second-order valence-electron chi connectivity index (χ2n) is 7.89. The molecule has 2 heterocycles. The highest BCUT2D eigenvalue weighted by Crippen LogP contribution is 2.11. The van der Waals surface area contributed by atoms with Gasteiger partial charge in [0.15, 0.2) is 11.8 Å². The predicted octanol–water partition coefficient (Wildman–Crippen LogP) is 3.07. The molecule has 1 aromatic carbocycles. The maximum absolute atomic E-state index is 4.89. The third-order valence-electron chi connectivity index (χ3n) is 5.52. The Morgan fingerprint density at radius 1 is 1.16 bits per heavy atom. The average Bonchev–Trinajstić information content (AvgIpc) is 3.06. The highest BCUT2D eigenvalue weighted by atomic mass is 127. The number of hydrogen-bond donors (Lipinski definition) is 1. The molecule has 1 aliphatic rings. The number of nitrogens with one attached hydrogen (secondary N) is 1. The van der Waals surface area contributed by atoms with Crippen LogP contribution in [0.3, 0.4) is 0 Å². The summed E-state index contributed by atoms with van der Waals surface area (Å²) in [6.07, 6.45) is 3.29. The first-order valence-electron chi connectivity index (χ1n) is 10.7. The van der Waals surface area contributed by atoms with Gasteiger partial charge in [-0.05, 0) is 37.8 Å². The Hall–Kier alpha value is -1.33. The number of benzene rings is 1. The molecule has 3 rings (SSSR count). The first-order valence-corrected chi connectivity index (χ1v) is 12.1. The Balaban J connectivity index is 0.00000341. The number of guanidine groups is 1. The second-order valence-corrected chi connectivity index (χ2v) is 8.87. The van der Waals surface area contributed by atoms with E-state index in [0.717, 1.165) is 69.1 Å². The van der Waals surface area contributed by atoms with Crippen LogP contribution in [-0.4, -0.2) is 75.3 Å². The van der Waals surface area contributed by atoms with Crippen LogP contribution in [0.15, 0.2) is 29.3 Å². The van der Waals surface area contributed by atoms with Gasteiger partial charge in [-0.3, -0.25) is 4.90 Å². The van der Waals surface area contributed by atoms with Crippen molar-refractivity contribution in [2.75, 3.05) is 44.7 Å². The Morgan fingerprint density at radius 2 is 1.94 bits per heavy atom. The molecule has 1 fully saturated rings. The van der Waals surface area contributed by atoms with Gasteiger partial charge in [0.25, 0.3) is 0 Å². The maximum Gasteiger partial charge on any atom is 0.194 e. The van der Waals surface area contributed by atoms with Crippen LogP contribution in [-0.2, 0) is 20.1 Å². The largest absolute Gasteiger partial charge is 0.356 e. The average molecular weight is 558 g/mol. The molecule has 0 aliphatic carbocycles. The van der Waals surface area contributed by atoms with E-state index in [0.29, 0.717) is 6.54 Å². The number of thioether (sulfide) groups is 1. The van der Waals surface area contributed by atoms with Crippen molar-refractivity contribution in [2.45, 2.75) is 33.4 Å². The van der Waals surface area contributed by atoms with Crippen LogP contribution >= 0.6 is 35.7 Å². The fourth-order valence-electron chi connectivity index (χ4n) is 3.61. The van der Waals surface area contributed by atoms with Crippen LogP contribution in [0.1, 0.15) is 29.2 Å². The van der Waals surface area contributed by atoms with E-state index in [1.807, 2.05) is 30.3 Å². The zero-order chi connectivity index (χ0) is 21.3. The Morgan fingerprint density at radius 3 is 2.58 bits per heavy atom. The molecule has 1 N–H and O–H groups in total. The van der Waals surface area contributed by atoms with Crippen molar-refractivity contribution in [3.63, 3.8) is 0 Å². The number of nitrogens with zero attached hydrogens (tertiary/aromatic N) is 6. The van der Waals surface area contributed by atoms with Crippen molar-refractivity contribution in [1.82, 2.24) is 29.9 Å². The van der Waals surface area contributed by atoms with Crippen LogP contribution < -0.4 is 5.32 Å². The van der Waals surface area contributed by atoms with E-state index in [1.165, 1.54) is 11.1 Å². The molecule has 1 saturated heterocycles. The quantitative estimate of drug-likeness (QED) is 0.233. The summed E-state index contributed by atoms with van der Waals surface area (Å²) in [6.45, 7) is 10.7. The lowest BCUT2D eigenvalue weighted by molar-refractivity contribution is 0.172. The Kier molecular flexibility index (Phi) is 11.1. The molecule has 7 nitrogen and oxygen atoms in total. The lowest BCUT2D eigenvalue weighted by Crippen LogP contribution is -2.52. The molecular formula is C22H36IN7S. The molecule has 1 aliphatic heterocycles. The standard InChI is InChI=1S/C22H35N7S.HI/c1-18-7-5-8-20(15-18)17-28-10-12-29(13-11-28)22(23-9-6-14-30-4)24-16-21-26-25-19(2)27(21)3;/h5,7-8,15H,6,9-14,16-17H2,1-4H3,(H,23,24);1H. The summed E-state index contributed by atoms with van der Waals surface area (Å²) in [7, 11) is 2.00. The van der Waals surface area contributed by atoms with Crippen molar-refractivity contribution in [2.24, 2.45) is 12.0 Å². The number of piperazine rings is 1. The molecule has 0 unspecified atom stereocenters. The molecule has 0 atom stereocenters. The zero-order valence-electron chi connectivity index (χ0n) is 19.2. The summed E-state index contributed by atoms with van der Waals surface area (Å²) in [4.78, 5) is 9.81. The van der Waals surface area contributed by atoms with Gasteiger partial charge >= 0.3 is 0 Å². The highest BCUT2D eigenvalue weighted by molar-refractivity contribution is 14.0. The fourth-order valence-corrected chi connectivity index (χ4v) is 4.04. The Bertz CT molecular complexity index is 831. The van der Waals surface area contributed by atoms with Gasteiger partial charge in [0.1, 0.15) is 12.4 Å². The molecule has 0 spiro atoms. The van der Waals surface area contributed by atoms with Gasteiger partial charge in [-0.15, -0.1) is 34.2 Å². The first kappa shape index (κ1) is 25.9. The van der Waals surface area contributed by atoms with E-state index in [-0.39, 0.29) is 24.0 Å². The number of aliphatic imine (C=N–C) groups is 1. The topological polar surface area (TPSA) is 61.6 Å². The zero-order valence-corrected chi connectivity index (χ0v) is 22.3. The summed E-state index contributed by atoms with van der Waals surface area (Å²) in [5.41, 5.74) is 2.72. The van der Waals surface area contributed by atoms with Crippen molar-refractivity contribution in [1.29, 1.82) is 0 Å². The van der Waals surface area contributed by atoms with Gasteiger partial charge in [0.05, 0.1) is 0 Å². The molecule has 1 aromatic heterocycles. The number of aromatic nitrogens is 3. The van der Waals surface area contributed by atoms with Crippen LogP contribution in [0.25, 0.3) is 0 Å². The maximum atomic E-state index is 4.89. The number of halogens is 1. The van der Waals surface area contributed by atoms with Crippen molar-refractivity contribution >= 4 is 41.7 Å². The SMILES string of the molecule is CSCCCNC(=NCc1nnc(C)n1C)N1CCN(Cc2cccc(C)c2)CC1.I. The van der Waals surface area contributed by atoms with Gasteiger partial charge in [-0.2, -0.15) is 11.8 Å². The summed E-state index contributed by atoms with van der Waals surface area (Å²) >= 11 is 1.88. The number of aryl methyl sites for hydroxylation is 2. The first-order chi connectivity index (χ1) is 14.6. The van der Waals surface area contributed by atoms with Gasteiger partial charge in [-0.1, -0.05) is 29.8 Å². The van der Waals surface area contributed by atoms with E-state index in [2.05, 4.69) is 62.8 Å². The summed E-state index contributed by atoms with van der Waals surface area (Å²) in [5.74, 6) is 3.97. The van der Waals surface area contributed by atoms with E-state index < -0.39 is 0 Å². The summed E-state index contributed by atoms with van der Waals surface area (Å²) < 4.78 is 2.01. The van der Waals surface area contributed by atoms with E-state index >= 15 is 0 Å². The monoisotopic (exact) mass is 557 g/mol. The minimum absolute atomic E-state index is 0. The van der Waals surface area contributed by atoms with Crippen LogP contribution in [0, 0.1) is 13.8 Å². The molecule has 0 bridgehead atoms. The minimum atomic E-state index is 0. The van der Waals surface area contributed by atoms with Crippen LogP contribution in [0.5, 0.6) is 0 Å². The molecule has 172 valence electrons. The summed E-state index contributed by atoms with van der Waals surface area (Å²) in [5, 5.41) is 12.0. The lowest BCUT2D eigenvalue weighted by Gasteiger charge is -2.36. The molecule has 0 radical (unpaired) electrons.